The van der Waals surface area contributed by atoms with Crippen LogP contribution in [0.25, 0.3) is 0 Å². The van der Waals surface area contributed by atoms with Gasteiger partial charge in [0, 0.05) is 19.5 Å². The molecule has 4 rings (SSSR count). The van der Waals surface area contributed by atoms with E-state index in [1.807, 2.05) is 0 Å². The Bertz CT molecular complexity index is 1790. The van der Waals surface area contributed by atoms with Crippen LogP contribution in [-0.4, -0.2) is 51.4 Å². The lowest BCUT2D eigenvalue weighted by Gasteiger charge is -2.34. The summed E-state index contributed by atoms with van der Waals surface area (Å²) >= 11 is 6.35. The maximum absolute atomic E-state index is 14.4. The second kappa shape index (κ2) is 15.4. The van der Waals surface area contributed by atoms with Crippen molar-refractivity contribution in [2.75, 3.05) is 24.5 Å². The number of hydrogen-bond acceptors (Lipinski definition) is 5. The standard InChI is InChI=1S/C34H33ClF3N3O5S/c1-3-39-33(43)31(20-24-11-6-4-7-12-24)40(22-25-13-10-14-27(19-25)46-2)32(42)23-41(47(44,45)28-15-8-5-9-16-28)30-21-26(34(36,37)38)17-18-29(30)35/h4-19,21,31H,3,20,22-23H2,1-2H3,(H,39,43)/t31-/m1/s1. The first-order valence-electron chi connectivity index (χ1n) is 14.5. The number of carbonyl (C=O) groups is 2. The first-order valence-corrected chi connectivity index (χ1v) is 16.4. The van der Waals surface area contributed by atoms with Crippen LogP contribution in [0.4, 0.5) is 18.9 Å². The maximum atomic E-state index is 14.4. The molecule has 0 aliphatic rings. The third-order valence-corrected chi connectivity index (χ3v) is 9.35. The molecule has 1 N–H and O–H groups in total. The molecule has 0 fully saturated rings. The zero-order valence-corrected chi connectivity index (χ0v) is 27.1. The highest BCUT2D eigenvalue weighted by molar-refractivity contribution is 7.92. The highest BCUT2D eigenvalue weighted by atomic mass is 35.5. The second-order valence-electron chi connectivity index (χ2n) is 10.5. The van der Waals surface area contributed by atoms with Crippen molar-refractivity contribution in [1.82, 2.24) is 10.2 Å². The fourth-order valence-corrected chi connectivity index (χ4v) is 6.64. The van der Waals surface area contributed by atoms with Crippen LogP contribution >= 0.6 is 11.6 Å². The predicted molar refractivity (Wildman–Crippen MR) is 174 cm³/mol. The first-order chi connectivity index (χ1) is 22.3. The van der Waals surface area contributed by atoms with Crippen LogP contribution in [-0.2, 0) is 38.8 Å². The molecule has 0 heterocycles. The summed E-state index contributed by atoms with van der Waals surface area (Å²) in [5.41, 5.74) is -0.413. The fourth-order valence-electron chi connectivity index (χ4n) is 4.93. The largest absolute Gasteiger partial charge is 0.497 e. The van der Waals surface area contributed by atoms with Crippen molar-refractivity contribution in [3.63, 3.8) is 0 Å². The molecule has 4 aromatic rings. The Balaban J connectivity index is 1.87. The van der Waals surface area contributed by atoms with Gasteiger partial charge in [-0.1, -0.05) is 72.3 Å². The topological polar surface area (TPSA) is 96.0 Å². The first kappa shape index (κ1) is 35.3. The molecular weight excluding hydrogens is 655 g/mol. The smallest absolute Gasteiger partial charge is 0.416 e. The number of amides is 2. The number of rotatable bonds is 13. The van der Waals surface area contributed by atoms with Gasteiger partial charge in [-0.25, -0.2) is 8.42 Å². The monoisotopic (exact) mass is 687 g/mol. The summed E-state index contributed by atoms with van der Waals surface area (Å²) in [6.07, 6.45) is -4.76. The van der Waals surface area contributed by atoms with Crippen LogP contribution in [0.1, 0.15) is 23.6 Å². The molecule has 2 amide bonds. The molecule has 0 aliphatic heterocycles. The molecule has 0 aromatic heterocycles. The Morgan fingerprint density at radius 1 is 0.894 bits per heavy atom. The number of likely N-dealkylation sites (N-methyl/N-ethyl adjacent to an activating group) is 1. The Hall–Kier alpha value is -4.55. The Morgan fingerprint density at radius 2 is 1.53 bits per heavy atom. The van der Waals surface area contributed by atoms with E-state index < -0.39 is 51.9 Å². The van der Waals surface area contributed by atoms with E-state index in [-0.39, 0.29) is 29.4 Å². The molecule has 1 atom stereocenters. The number of alkyl halides is 3. The number of nitrogens with zero attached hydrogens (tertiary/aromatic N) is 2. The Labute approximate surface area is 276 Å². The number of benzene rings is 4. The van der Waals surface area contributed by atoms with Gasteiger partial charge in [0.05, 0.1) is 28.3 Å². The lowest BCUT2D eigenvalue weighted by molar-refractivity contribution is -0.140. The van der Waals surface area contributed by atoms with Gasteiger partial charge in [-0.15, -0.1) is 0 Å². The van der Waals surface area contributed by atoms with Crippen molar-refractivity contribution >= 4 is 39.1 Å². The summed E-state index contributed by atoms with van der Waals surface area (Å²) < 4.78 is 75.4. The quantitative estimate of drug-likeness (QED) is 0.177. The van der Waals surface area contributed by atoms with E-state index in [0.29, 0.717) is 21.7 Å². The second-order valence-corrected chi connectivity index (χ2v) is 12.7. The molecule has 0 saturated carbocycles. The number of anilines is 1. The summed E-state index contributed by atoms with van der Waals surface area (Å²) in [4.78, 5) is 29.0. The van der Waals surface area contributed by atoms with E-state index >= 15 is 0 Å². The highest BCUT2D eigenvalue weighted by Crippen LogP contribution is 2.37. The number of halogens is 4. The predicted octanol–water partition coefficient (Wildman–Crippen LogP) is 6.34. The van der Waals surface area contributed by atoms with E-state index in [0.717, 1.165) is 17.7 Å². The minimum Gasteiger partial charge on any atom is -0.497 e. The molecule has 0 bridgehead atoms. The van der Waals surface area contributed by atoms with Crippen molar-refractivity contribution < 1.29 is 35.9 Å². The van der Waals surface area contributed by atoms with Gasteiger partial charge in [-0.2, -0.15) is 13.2 Å². The molecule has 8 nitrogen and oxygen atoms in total. The number of methoxy groups -OCH3 is 1. The third kappa shape index (κ3) is 8.83. The number of nitrogens with one attached hydrogen (secondary N) is 1. The molecule has 0 unspecified atom stereocenters. The normalized spacial score (nSPS) is 12.2. The Kier molecular flexibility index (Phi) is 11.5. The molecule has 0 aliphatic carbocycles. The molecule has 0 spiro atoms. The molecule has 0 radical (unpaired) electrons. The van der Waals surface area contributed by atoms with Gasteiger partial charge in [0.2, 0.25) is 11.8 Å². The van der Waals surface area contributed by atoms with Crippen molar-refractivity contribution in [3.05, 3.63) is 125 Å². The van der Waals surface area contributed by atoms with E-state index in [1.54, 1.807) is 67.6 Å². The lowest BCUT2D eigenvalue weighted by atomic mass is 10.0. The molecule has 47 heavy (non-hydrogen) atoms. The van der Waals surface area contributed by atoms with Crippen molar-refractivity contribution in [2.24, 2.45) is 0 Å². The van der Waals surface area contributed by atoms with Crippen LogP contribution in [0.2, 0.25) is 5.02 Å². The minimum absolute atomic E-state index is 0.0676. The van der Waals surface area contributed by atoms with Crippen LogP contribution in [0, 0.1) is 0 Å². The number of ether oxygens (including phenoxy) is 1. The third-order valence-electron chi connectivity index (χ3n) is 7.26. The average molecular weight is 688 g/mol. The van der Waals surface area contributed by atoms with Gasteiger partial charge in [-0.05, 0) is 60.5 Å². The van der Waals surface area contributed by atoms with Gasteiger partial charge in [0.25, 0.3) is 10.0 Å². The zero-order valence-electron chi connectivity index (χ0n) is 25.6. The fraction of sp³-hybridized carbons (Fsp3) is 0.235. The molecular formula is C34H33ClF3N3O5S. The number of hydrogen-bond donors (Lipinski definition) is 1. The van der Waals surface area contributed by atoms with Crippen LogP contribution < -0.4 is 14.4 Å². The van der Waals surface area contributed by atoms with Crippen LogP contribution in [0.15, 0.2) is 108 Å². The summed E-state index contributed by atoms with van der Waals surface area (Å²) in [6, 6.07) is 23.8. The summed E-state index contributed by atoms with van der Waals surface area (Å²) in [6.45, 7) is 0.850. The van der Waals surface area contributed by atoms with Crippen molar-refractivity contribution in [1.29, 1.82) is 0 Å². The molecule has 4 aromatic carbocycles. The minimum atomic E-state index is -4.83. The Morgan fingerprint density at radius 3 is 2.15 bits per heavy atom. The van der Waals surface area contributed by atoms with E-state index in [4.69, 9.17) is 16.3 Å². The van der Waals surface area contributed by atoms with E-state index in [9.17, 15) is 31.2 Å². The average Bonchev–Trinajstić information content (AvgIpc) is 3.06. The number of sulfonamides is 1. The van der Waals surface area contributed by atoms with Crippen molar-refractivity contribution in [3.8, 4) is 5.75 Å². The SMILES string of the molecule is CCNC(=O)[C@@H](Cc1ccccc1)N(Cc1cccc(OC)c1)C(=O)CN(c1cc(C(F)(F)F)ccc1Cl)S(=O)(=O)c1ccccc1. The van der Waals surface area contributed by atoms with Gasteiger partial charge in [-0.3, -0.25) is 13.9 Å². The van der Waals surface area contributed by atoms with E-state index in [2.05, 4.69) is 5.32 Å². The van der Waals surface area contributed by atoms with E-state index in [1.165, 1.54) is 36.3 Å². The molecule has 248 valence electrons. The van der Waals surface area contributed by atoms with Gasteiger partial charge >= 0.3 is 6.18 Å². The van der Waals surface area contributed by atoms with Crippen LogP contribution in [0.5, 0.6) is 5.75 Å². The van der Waals surface area contributed by atoms with Gasteiger partial charge in [0.1, 0.15) is 18.3 Å². The summed E-state index contributed by atoms with van der Waals surface area (Å²) in [7, 11) is -3.18. The van der Waals surface area contributed by atoms with Crippen molar-refractivity contribution in [2.45, 2.75) is 37.0 Å². The van der Waals surface area contributed by atoms with Gasteiger partial charge in [0.15, 0.2) is 0 Å². The maximum Gasteiger partial charge on any atom is 0.416 e. The molecule has 0 saturated heterocycles. The molecule has 13 heteroatoms. The summed E-state index contributed by atoms with van der Waals surface area (Å²) in [5.74, 6) is -0.869. The van der Waals surface area contributed by atoms with Crippen LogP contribution in [0.3, 0.4) is 0 Å². The number of carbonyl (C=O) groups excluding carboxylic acids is 2. The zero-order chi connectivity index (χ0) is 34.2. The highest BCUT2D eigenvalue weighted by Gasteiger charge is 2.37. The van der Waals surface area contributed by atoms with Gasteiger partial charge < -0.3 is 15.0 Å². The summed E-state index contributed by atoms with van der Waals surface area (Å²) in [5, 5.41) is 2.42. The lowest BCUT2D eigenvalue weighted by Crippen LogP contribution is -2.53.